The number of non-ortho nitro benzene ring substituents is 1. The number of methoxy groups -OCH3 is 1. The SMILES string of the molecule is COc1ccc2nc(N3C(=O)C(=O)C(=C(O)c4ccc(C)cc4)C3c3cccc([N+](=O)[O-])c3)sc2c1. The molecule has 180 valence electrons. The second kappa shape index (κ2) is 8.90. The molecular weight excluding hydrogens is 482 g/mol. The molecule has 0 saturated carbocycles. The molecule has 0 bridgehead atoms. The number of thiazole rings is 1. The van der Waals surface area contributed by atoms with Gasteiger partial charge in [0.15, 0.2) is 5.13 Å². The van der Waals surface area contributed by atoms with Crippen LogP contribution in [0.3, 0.4) is 0 Å². The van der Waals surface area contributed by atoms with Crippen LogP contribution in [0.2, 0.25) is 0 Å². The number of hydrogen-bond acceptors (Lipinski definition) is 8. The Hall–Kier alpha value is -4.57. The van der Waals surface area contributed by atoms with Crippen molar-refractivity contribution in [1.29, 1.82) is 0 Å². The van der Waals surface area contributed by atoms with E-state index in [1.165, 1.54) is 41.5 Å². The van der Waals surface area contributed by atoms with E-state index in [4.69, 9.17) is 4.74 Å². The van der Waals surface area contributed by atoms with Gasteiger partial charge >= 0.3 is 5.91 Å². The number of hydrogen-bond donors (Lipinski definition) is 1. The van der Waals surface area contributed by atoms with Gasteiger partial charge in [-0.2, -0.15) is 0 Å². The number of carbonyl (C=O) groups excluding carboxylic acids is 2. The molecule has 1 unspecified atom stereocenters. The number of fused-ring (bicyclic) bond motifs is 1. The number of aliphatic hydroxyl groups excluding tert-OH is 1. The van der Waals surface area contributed by atoms with Crippen molar-refractivity contribution >= 4 is 49.8 Å². The van der Waals surface area contributed by atoms with Crippen molar-refractivity contribution in [2.75, 3.05) is 12.0 Å². The number of ketones is 1. The number of ether oxygens (including phenoxy) is 1. The Morgan fingerprint density at radius 2 is 1.86 bits per heavy atom. The Morgan fingerprint density at radius 3 is 2.56 bits per heavy atom. The molecule has 1 amide bonds. The Morgan fingerprint density at radius 1 is 1.11 bits per heavy atom. The van der Waals surface area contributed by atoms with Gasteiger partial charge < -0.3 is 9.84 Å². The first-order chi connectivity index (χ1) is 17.3. The lowest BCUT2D eigenvalue weighted by atomic mass is 9.95. The van der Waals surface area contributed by atoms with E-state index >= 15 is 0 Å². The molecule has 1 N–H and O–H groups in total. The van der Waals surface area contributed by atoms with Gasteiger partial charge in [-0.15, -0.1) is 0 Å². The molecule has 0 spiro atoms. The first-order valence-corrected chi connectivity index (χ1v) is 11.7. The minimum absolute atomic E-state index is 0.166. The molecule has 5 rings (SSSR count). The highest BCUT2D eigenvalue weighted by molar-refractivity contribution is 7.22. The number of carbonyl (C=O) groups is 2. The Kier molecular flexibility index (Phi) is 5.73. The number of rotatable bonds is 5. The van der Waals surface area contributed by atoms with Crippen LogP contribution in [0.25, 0.3) is 16.0 Å². The molecule has 1 saturated heterocycles. The van der Waals surface area contributed by atoms with E-state index in [9.17, 15) is 24.8 Å². The molecule has 0 aliphatic carbocycles. The van der Waals surface area contributed by atoms with E-state index in [0.29, 0.717) is 22.4 Å². The predicted molar refractivity (Wildman–Crippen MR) is 135 cm³/mol. The number of benzene rings is 3. The number of anilines is 1. The van der Waals surface area contributed by atoms with Crippen molar-refractivity contribution < 1.29 is 24.4 Å². The minimum atomic E-state index is -1.12. The smallest absolute Gasteiger partial charge is 0.301 e. The molecule has 1 aromatic heterocycles. The summed E-state index contributed by atoms with van der Waals surface area (Å²) in [5, 5.41) is 22.9. The summed E-state index contributed by atoms with van der Waals surface area (Å²) in [5.41, 5.74) is 1.82. The maximum Gasteiger partial charge on any atom is 0.301 e. The zero-order valence-electron chi connectivity index (χ0n) is 19.2. The van der Waals surface area contributed by atoms with Gasteiger partial charge in [0.25, 0.3) is 11.5 Å². The van der Waals surface area contributed by atoms with Gasteiger partial charge in [-0.1, -0.05) is 53.3 Å². The number of Topliss-reactive ketones (excluding diaryl/α,β-unsaturated/α-hetero) is 1. The zero-order chi connectivity index (χ0) is 25.6. The number of nitrogens with zero attached hydrogens (tertiary/aromatic N) is 3. The largest absolute Gasteiger partial charge is 0.507 e. The maximum absolute atomic E-state index is 13.3. The monoisotopic (exact) mass is 501 g/mol. The molecule has 4 aromatic rings. The van der Waals surface area contributed by atoms with E-state index in [2.05, 4.69) is 4.98 Å². The van der Waals surface area contributed by atoms with E-state index in [1.807, 2.05) is 6.92 Å². The summed E-state index contributed by atoms with van der Waals surface area (Å²) in [4.78, 5) is 43.3. The summed E-state index contributed by atoms with van der Waals surface area (Å²) >= 11 is 1.17. The van der Waals surface area contributed by atoms with Crippen LogP contribution in [-0.2, 0) is 9.59 Å². The lowest BCUT2D eigenvalue weighted by Gasteiger charge is -2.22. The summed E-state index contributed by atoms with van der Waals surface area (Å²) in [6.45, 7) is 1.88. The van der Waals surface area contributed by atoms with Crippen molar-refractivity contribution in [3.8, 4) is 5.75 Å². The molecule has 1 fully saturated rings. The maximum atomic E-state index is 13.3. The lowest BCUT2D eigenvalue weighted by molar-refractivity contribution is -0.384. The summed E-state index contributed by atoms with van der Waals surface area (Å²) in [7, 11) is 1.54. The van der Waals surface area contributed by atoms with Gasteiger partial charge in [0.05, 0.1) is 33.9 Å². The van der Waals surface area contributed by atoms with Crippen LogP contribution in [0, 0.1) is 17.0 Å². The topological polar surface area (TPSA) is 123 Å². The van der Waals surface area contributed by atoms with Crippen LogP contribution in [0.5, 0.6) is 5.75 Å². The Bertz CT molecular complexity index is 1570. The van der Waals surface area contributed by atoms with Crippen molar-refractivity contribution in [2.24, 2.45) is 0 Å². The number of nitro benzene ring substituents is 1. The first kappa shape index (κ1) is 23.2. The van der Waals surface area contributed by atoms with Crippen molar-refractivity contribution in [1.82, 2.24) is 4.98 Å². The zero-order valence-corrected chi connectivity index (χ0v) is 20.0. The van der Waals surface area contributed by atoms with Crippen LogP contribution in [0.4, 0.5) is 10.8 Å². The molecule has 9 nitrogen and oxygen atoms in total. The van der Waals surface area contributed by atoms with E-state index < -0.39 is 22.7 Å². The van der Waals surface area contributed by atoms with Gasteiger partial charge in [0, 0.05) is 17.7 Å². The van der Waals surface area contributed by atoms with E-state index in [0.717, 1.165) is 10.3 Å². The molecule has 36 heavy (non-hydrogen) atoms. The van der Waals surface area contributed by atoms with Crippen molar-refractivity contribution in [2.45, 2.75) is 13.0 Å². The van der Waals surface area contributed by atoms with Gasteiger partial charge in [0.2, 0.25) is 0 Å². The summed E-state index contributed by atoms with van der Waals surface area (Å²) in [6.07, 6.45) is 0. The van der Waals surface area contributed by atoms with Gasteiger partial charge in [-0.05, 0) is 30.7 Å². The third kappa shape index (κ3) is 3.87. The molecule has 1 atom stereocenters. The fraction of sp³-hybridized carbons (Fsp3) is 0.115. The number of nitro groups is 1. The van der Waals surface area contributed by atoms with Crippen LogP contribution < -0.4 is 9.64 Å². The molecular formula is C26H19N3O6S. The van der Waals surface area contributed by atoms with Gasteiger partial charge in [-0.3, -0.25) is 24.6 Å². The first-order valence-electron chi connectivity index (χ1n) is 10.9. The van der Waals surface area contributed by atoms with Crippen LogP contribution in [0.1, 0.15) is 22.7 Å². The van der Waals surface area contributed by atoms with Crippen LogP contribution in [0.15, 0.2) is 72.3 Å². The second-order valence-corrected chi connectivity index (χ2v) is 9.23. The van der Waals surface area contributed by atoms with Crippen LogP contribution >= 0.6 is 11.3 Å². The molecule has 1 aliphatic rings. The van der Waals surface area contributed by atoms with Crippen molar-refractivity contribution in [3.63, 3.8) is 0 Å². The second-order valence-electron chi connectivity index (χ2n) is 8.22. The fourth-order valence-corrected chi connectivity index (χ4v) is 5.16. The standard InChI is InChI=1S/C26H19N3O6S/c1-14-6-8-15(9-7-14)23(30)21-22(16-4-3-5-17(12-16)29(33)34)28(25(32)24(21)31)26-27-19-11-10-18(35-2)13-20(19)36-26/h3-13,22,30H,1-2H3. The summed E-state index contributed by atoms with van der Waals surface area (Å²) in [5.74, 6) is -1.54. The third-order valence-electron chi connectivity index (χ3n) is 5.96. The van der Waals surface area contributed by atoms with Gasteiger partial charge in [0.1, 0.15) is 11.5 Å². The average molecular weight is 502 g/mol. The van der Waals surface area contributed by atoms with E-state index in [1.54, 1.807) is 48.5 Å². The Balaban J connectivity index is 1.74. The molecule has 1 aliphatic heterocycles. The fourth-order valence-electron chi connectivity index (χ4n) is 4.14. The number of amides is 1. The molecule has 10 heteroatoms. The van der Waals surface area contributed by atoms with E-state index in [-0.39, 0.29) is 22.2 Å². The summed E-state index contributed by atoms with van der Waals surface area (Å²) < 4.78 is 5.99. The highest BCUT2D eigenvalue weighted by Crippen LogP contribution is 2.45. The van der Waals surface area contributed by atoms with Gasteiger partial charge in [-0.25, -0.2) is 4.98 Å². The highest BCUT2D eigenvalue weighted by atomic mass is 32.1. The summed E-state index contributed by atoms with van der Waals surface area (Å²) in [6, 6.07) is 16.6. The normalized spacial score (nSPS) is 17.1. The Labute approximate surface area is 209 Å². The van der Waals surface area contributed by atoms with Crippen LogP contribution in [-0.4, -0.2) is 33.8 Å². The molecule has 0 radical (unpaired) electrons. The number of aliphatic hydroxyl groups is 1. The number of aromatic nitrogens is 1. The lowest BCUT2D eigenvalue weighted by Crippen LogP contribution is -2.29. The number of aryl methyl sites for hydroxylation is 1. The third-order valence-corrected chi connectivity index (χ3v) is 6.97. The minimum Gasteiger partial charge on any atom is -0.507 e. The van der Waals surface area contributed by atoms with Crippen molar-refractivity contribution in [3.05, 3.63) is 99.1 Å². The quantitative estimate of drug-likeness (QED) is 0.132. The molecule has 3 aromatic carbocycles. The molecule has 2 heterocycles. The highest BCUT2D eigenvalue weighted by Gasteiger charge is 2.48. The predicted octanol–water partition coefficient (Wildman–Crippen LogP) is 5.15. The average Bonchev–Trinajstić information content (AvgIpc) is 3.41.